The Hall–Kier alpha value is 0.110. The molecule has 0 aromatic heterocycles. The maximum atomic E-state index is 12.6. The van der Waals surface area contributed by atoms with Crippen molar-refractivity contribution < 1.29 is 4.21 Å². The van der Waals surface area contributed by atoms with E-state index in [1.54, 1.807) is 0 Å². The highest BCUT2D eigenvalue weighted by molar-refractivity contribution is 7.85. The first-order valence-corrected chi connectivity index (χ1v) is 8.92. The van der Waals surface area contributed by atoms with Gasteiger partial charge in [-0.25, -0.2) is 0 Å². The van der Waals surface area contributed by atoms with Gasteiger partial charge >= 0.3 is 0 Å². The lowest BCUT2D eigenvalue weighted by Crippen LogP contribution is -2.46. The summed E-state index contributed by atoms with van der Waals surface area (Å²) >= 11 is 0. The van der Waals surface area contributed by atoms with Gasteiger partial charge in [-0.1, -0.05) is 34.1 Å². The summed E-state index contributed by atoms with van der Waals surface area (Å²) in [7, 11) is 1.36. The topological polar surface area (TPSA) is 29.1 Å². The lowest BCUT2D eigenvalue weighted by molar-refractivity contribution is 0.249. The van der Waals surface area contributed by atoms with E-state index in [2.05, 4.69) is 33.0 Å². The Morgan fingerprint density at radius 1 is 1.28 bits per heavy atom. The fourth-order valence-electron chi connectivity index (χ4n) is 2.91. The molecule has 0 saturated heterocycles. The smallest absolute Gasteiger partial charge is 0.0503 e. The van der Waals surface area contributed by atoms with Crippen molar-refractivity contribution in [2.24, 2.45) is 17.8 Å². The molecule has 0 spiro atoms. The van der Waals surface area contributed by atoms with Crippen LogP contribution in [-0.2, 0) is 10.8 Å². The van der Waals surface area contributed by atoms with E-state index in [4.69, 9.17) is 0 Å². The Morgan fingerprint density at radius 2 is 1.94 bits per heavy atom. The second-order valence-corrected chi connectivity index (χ2v) is 8.01. The highest BCUT2D eigenvalue weighted by Gasteiger charge is 2.34. The van der Waals surface area contributed by atoms with Crippen LogP contribution in [0.1, 0.15) is 53.4 Å². The lowest BCUT2D eigenvalue weighted by atomic mass is 9.79. The molecule has 108 valence electrons. The molecule has 1 saturated carbocycles. The lowest BCUT2D eigenvalue weighted by Gasteiger charge is -2.37. The van der Waals surface area contributed by atoms with Crippen molar-refractivity contribution >= 4 is 10.8 Å². The number of rotatable bonds is 6. The zero-order valence-electron chi connectivity index (χ0n) is 12.7. The number of nitrogens with one attached hydrogen (secondary N) is 1. The molecule has 0 aliphatic heterocycles. The van der Waals surface area contributed by atoms with Crippen LogP contribution in [0.3, 0.4) is 0 Å². The van der Waals surface area contributed by atoms with E-state index in [1.165, 1.54) is 12.8 Å². The molecule has 0 amide bonds. The van der Waals surface area contributed by atoms with Gasteiger partial charge in [0.1, 0.15) is 0 Å². The molecule has 5 unspecified atom stereocenters. The van der Waals surface area contributed by atoms with Crippen molar-refractivity contribution in [2.45, 2.75) is 64.7 Å². The van der Waals surface area contributed by atoms with Crippen LogP contribution in [0.15, 0.2) is 0 Å². The van der Waals surface area contributed by atoms with Gasteiger partial charge in [0.2, 0.25) is 0 Å². The molecule has 0 aromatic rings. The zero-order valence-corrected chi connectivity index (χ0v) is 13.6. The first-order valence-electron chi connectivity index (χ1n) is 7.54. The van der Waals surface area contributed by atoms with Crippen LogP contribution in [0.25, 0.3) is 0 Å². The first-order chi connectivity index (χ1) is 8.49. The Balaban J connectivity index is 2.64. The molecular formula is C15H31NOS. The molecule has 1 fully saturated rings. The Bertz CT molecular complexity index is 267. The van der Waals surface area contributed by atoms with E-state index in [-0.39, 0.29) is 0 Å². The highest BCUT2D eigenvalue weighted by atomic mass is 32.2. The van der Waals surface area contributed by atoms with Gasteiger partial charge in [0.25, 0.3) is 0 Å². The van der Waals surface area contributed by atoms with Crippen LogP contribution in [0.2, 0.25) is 0 Å². The van der Waals surface area contributed by atoms with E-state index in [0.717, 1.165) is 30.4 Å². The summed E-state index contributed by atoms with van der Waals surface area (Å²) < 4.78 is 12.6. The summed E-state index contributed by atoms with van der Waals surface area (Å²) in [5.74, 6) is 2.96. The molecule has 0 aromatic carbocycles. The second-order valence-electron chi connectivity index (χ2n) is 6.31. The zero-order chi connectivity index (χ0) is 13.7. The maximum Gasteiger partial charge on any atom is 0.0503 e. The summed E-state index contributed by atoms with van der Waals surface area (Å²) in [5.41, 5.74) is 0. The van der Waals surface area contributed by atoms with Crippen LogP contribution in [0.4, 0.5) is 0 Å². The molecule has 2 nitrogen and oxygen atoms in total. The van der Waals surface area contributed by atoms with Crippen molar-refractivity contribution in [1.29, 1.82) is 0 Å². The predicted molar refractivity (Wildman–Crippen MR) is 81.3 cm³/mol. The molecule has 0 bridgehead atoms. The van der Waals surface area contributed by atoms with E-state index in [0.29, 0.717) is 17.2 Å². The van der Waals surface area contributed by atoms with Crippen molar-refractivity contribution in [3.05, 3.63) is 0 Å². The molecule has 1 aliphatic carbocycles. The van der Waals surface area contributed by atoms with E-state index < -0.39 is 10.8 Å². The Kier molecular flexibility index (Phi) is 6.86. The van der Waals surface area contributed by atoms with Crippen LogP contribution in [0, 0.1) is 17.8 Å². The van der Waals surface area contributed by atoms with Gasteiger partial charge in [0, 0.05) is 22.6 Å². The minimum Gasteiger partial charge on any atom is -0.316 e. The summed E-state index contributed by atoms with van der Waals surface area (Å²) in [6.45, 7) is 9.02. The third-order valence-electron chi connectivity index (χ3n) is 4.63. The molecule has 0 radical (unpaired) electrons. The summed E-state index contributed by atoms with van der Waals surface area (Å²) in [4.78, 5) is 0. The van der Waals surface area contributed by atoms with Gasteiger partial charge in [0.05, 0.1) is 5.25 Å². The number of hydrogen-bond donors (Lipinski definition) is 1. The van der Waals surface area contributed by atoms with Crippen molar-refractivity contribution in [1.82, 2.24) is 5.32 Å². The van der Waals surface area contributed by atoms with Gasteiger partial charge in [-0.05, 0) is 44.1 Å². The molecular weight excluding hydrogens is 242 g/mol. The number of hydrogen-bond acceptors (Lipinski definition) is 2. The summed E-state index contributed by atoms with van der Waals surface area (Å²) in [6, 6.07) is 0.463. The molecule has 5 atom stereocenters. The van der Waals surface area contributed by atoms with Crippen molar-refractivity contribution in [2.75, 3.05) is 12.8 Å². The Morgan fingerprint density at radius 3 is 2.44 bits per heavy atom. The quantitative estimate of drug-likeness (QED) is 0.805. The normalized spacial score (nSPS) is 32.4. The molecule has 1 rings (SSSR count). The van der Waals surface area contributed by atoms with Crippen LogP contribution in [-0.4, -0.2) is 28.3 Å². The van der Waals surface area contributed by atoms with Gasteiger partial charge in [-0.3, -0.25) is 4.21 Å². The minimum atomic E-state index is -0.666. The molecule has 18 heavy (non-hydrogen) atoms. The van der Waals surface area contributed by atoms with Crippen molar-refractivity contribution in [3.8, 4) is 0 Å². The van der Waals surface area contributed by atoms with E-state index in [1.807, 2.05) is 7.05 Å². The van der Waals surface area contributed by atoms with Gasteiger partial charge < -0.3 is 5.32 Å². The van der Waals surface area contributed by atoms with Gasteiger partial charge in [-0.2, -0.15) is 0 Å². The average Bonchev–Trinajstić information content (AvgIpc) is 2.37. The van der Waals surface area contributed by atoms with Crippen LogP contribution < -0.4 is 5.32 Å². The molecule has 1 aliphatic rings. The maximum absolute atomic E-state index is 12.6. The average molecular weight is 273 g/mol. The minimum absolute atomic E-state index is 0.366. The van der Waals surface area contributed by atoms with Gasteiger partial charge in [-0.15, -0.1) is 0 Å². The summed E-state index contributed by atoms with van der Waals surface area (Å²) in [5, 5.41) is 3.76. The largest absolute Gasteiger partial charge is 0.316 e. The molecule has 0 heterocycles. The molecule has 3 heteroatoms. The van der Waals surface area contributed by atoms with E-state index in [9.17, 15) is 4.21 Å². The predicted octanol–water partition coefficient (Wildman–Crippen LogP) is 3.19. The van der Waals surface area contributed by atoms with Gasteiger partial charge in [0.15, 0.2) is 0 Å². The monoisotopic (exact) mass is 273 g/mol. The standard InChI is InChI=1S/C15H31NOS/c1-6-12(4)10-18(17)15-9-13(11(2)3)7-8-14(15)16-5/h11-16H,6-10H2,1-5H3. The fraction of sp³-hybridized carbons (Fsp3) is 1.00. The van der Waals surface area contributed by atoms with E-state index >= 15 is 0 Å². The van der Waals surface area contributed by atoms with Crippen molar-refractivity contribution in [3.63, 3.8) is 0 Å². The van der Waals surface area contributed by atoms with Crippen LogP contribution >= 0.6 is 0 Å². The van der Waals surface area contributed by atoms with Crippen LogP contribution in [0.5, 0.6) is 0 Å². The third kappa shape index (κ3) is 4.34. The first kappa shape index (κ1) is 16.2. The summed E-state index contributed by atoms with van der Waals surface area (Å²) in [6.07, 6.45) is 4.76. The second kappa shape index (κ2) is 7.64. The fourth-order valence-corrected chi connectivity index (χ4v) is 5.05. The third-order valence-corrected chi connectivity index (χ3v) is 6.72. The Labute approximate surface area is 116 Å². The SMILES string of the molecule is CCC(C)CS(=O)C1CC(C(C)C)CCC1NC. The highest BCUT2D eigenvalue weighted by Crippen LogP contribution is 2.33. The molecule has 1 N–H and O–H groups in total.